The molecule has 0 aromatic heterocycles. The van der Waals surface area contributed by atoms with Crippen molar-refractivity contribution in [3.8, 4) is 0 Å². The Bertz CT molecular complexity index is 373. The van der Waals surface area contributed by atoms with E-state index in [2.05, 4.69) is 47.9 Å². The number of para-hydroxylation sites is 1. The molecule has 0 saturated carbocycles. The zero-order valence-corrected chi connectivity index (χ0v) is 9.83. The summed E-state index contributed by atoms with van der Waals surface area (Å²) in [5.74, 6) is 1.28. The first-order valence-electron chi connectivity index (χ1n) is 5.38. The van der Waals surface area contributed by atoms with E-state index in [1.165, 1.54) is 11.3 Å². The topological polar surface area (TPSA) is 27.3 Å². The molecule has 2 aliphatic heterocycles. The fourth-order valence-electron chi connectivity index (χ4n) is 2.37. The highest BCUT2D eigenvalue weighted by molar-refractivity contribution is 7.39. The number of anilines is 1. The number of benzene rings is 1. The molecule has 1 unspecified atom stereocenters. The van der Waals surface area contributed by atoms with E-state index in [9.17, 15) is 0 Å². The van der Waals surface area contributed by atoms with Crippen molar-refractivity contribution >= 4 is 22.2 Å². The molecular weight excluding hydrogens is 204 g/mol. The Balaban J connectivity index is 1.91. The normalized spacial score (nSPS) is 31.7. The van der Waals surface area contributed by atoms with E-state index in [-0.39, 0.29) is 0 Å². The Morgan fingerprint density at radius 3 is 3.20 bits per heavy atom. The van der Waals surface area contributed by atoms with Gasteiger partial charge in [-0.05, 0) is 11.6 Å². The average molecular weight is 219 g/mol. The van der Waals surface area contributed by atoms with Gasteiger partial charge >= 0.3 is 0 Å². The molecule has 78 valence electrons. The van der Waals surface area contributed by atoms with Gasteiger partial charge in [0, 0.05) is 24.4 Å². The molecule has 3 rings (SSSR count). The standard InChI is InChI=1S/C10H15BN3P/c11-14-6-15-10-8(5-12-14)7-3-1-2-4-9(7)13-10/h1-4,8,10,12-13,15H,5-6,11H2/t8-,10-/m0/s1. The van der Waals surface area contributed by atoms with Crippen LogP contribution in [-0.2, 0) is 0 Å². The summed E-state index contributed by atoms with van der Waals surface area (Å²) in [6.07, 6.45) is 1.14. The van der Waals surface area contributed by atoms with Gasteiger partial charge in [-0.25, -0.2) is 0 Å². The number of nitrogens with one attached hydrogen (secondary N) is 2. The molecule has 0 aliphatic carbocycles. The maximum Gasteiger partial charge on any atom is 0.206 e. The summed E-state index contributed by atoms with van der Waals surface area (Å²) in [6.45, 7) is 1.05. The van der Waals surface area contributed by atoms with Gasteiger partial charge in [0.15, 0.2) is 0 Å². The second-order valence-electron chi connectivity index (χ2n) is 4.24. The molecular formula is C10H15BN3P. The van der Waals surface area contributed by atoms with Crippen molar-refractivity contribution in [2.75, 3.05) is 18.1 Å². The lowest BCUT2D eigenvalue weighted by Gasteiger charge is -2.16. The average Bonchev–Trinajstić information content (AvgIpc) is 2.51. The van der Waals surface area contributed by atoms with E-state index in [4.69, 9.17) is 0 Å². The predicted molar refractivity (Wildman–Crippen MR) is 68.2 cm³/mol. The first-order chi connectivity index (χ1) is 7.34. The Morgan fingerprint density at radius 2 is 2.27 bits per heavy atom. The molecule has 2 heterocycles. The Morgan fingerprint density at radius 1 is 1.40 bits per heavy atom. The predicted octanol–water partition coefficient (Wildman–Crippen LogP) is 0.526. The van der Waals surface area contributed by atoms with Crippen molar-refractivity contribution in [1.82, 2.24) is 10.3 Å². The smallest absolute Gasteiger partial charge is 0.206 e. The van der Waals surface area contributed by atoms with E-state index < -0.39 is 0 Å². The lowest BCUT2D eigenvalue weighted by atomic mass is 10.0. The molecule has 2 aliphatic rings. The van der Waals surface area contributed by atoms with Crippen molar-refractivity contribution < 1.29 is 0 Å². The third kappa shape index (κ3) is 1.67. The summed E-state index contributed by atoms with van der Waals surface area (Å²) >= 11 is 0. The zero-order chi connectivity index (χ0) is 10.3. The summed E-state index contributed by atoms with van der Waals surface area (Å²) in [5, 5.41) is 3.64. The molecule has 1 aromatic carbocycles. The molecule has 0 radical (unpaired) electrons. The number of fused-ring (bicyclic) bond motifs is 3. The van der Waals surface area contributed by atoms with Gasteiger partial charge < -0.3 is 5.32 Å². The fraction of sp³-hybridized carbons (Fsp3) is 0.400. The van der Waals surface area contributed by atoms with Crippen molar-refractivity contribution in [3.63, 3.8) is 0 Å². The number of hydrogen-bond donors (Lipinski definition) is 2. The Labute approximate surface area is 92.8 Å². The minimum atomic E-state index is 0.639. The molecule has 0 amide bonds. The van der Waals surface area contributed by atoms with Crippen LogP contribution in [0.4, 0.5) is 5.69 Å². The molecule has 3 nitrogen and oxygen atoms in total. The SMILES string of the molecule is BN1CP[C@@H]2Nc3ccccc3[C@@H]2CN1. The van der Waals surface area contributed by atoms with Crippen molar-refractivity contribution in [2.24, 2.45) is 0 Å². The van der Waals surface area contributed by atoms with Gasteiger partial charge in [-0.15, -0.1) is 0 Å². The molecule has 2 N–H and O–H groups in total. The molecule has 1 fully saturated rings. The number of rotatable bonds is 0. The largest absolute Gasteiger partial charge is 0.378 e. The van der Waals surface area contributed by atoms with Gasteiger partial charge in [0.25, 0.3) is 0 Å². The van der Waals surface area contributed by atoms with E-state index in [1.54, 1.807) is 0 Å². The van der Waals surface area contributed by atoms with Crippen LogP contribution in [0.1, 0.15) is 11.5 Å². The molecule has 15 heavy (non-hydrogen) atoms. The maximum absolute atomic E-state index is 3.64. The Hall–Kier alpha value is -0.565. The summed E-state index contributed by atoms with van der Waals surface area (Å²) in [4.78, 5) is 2.21. The van der Waals surface area contributed by atoms with Crippen molar-refractivity contribution in [1.29, 1.82) is 0 Å². The quantitative estimate of drug-likeness (QED) is 0.492. The second kappa shape index (κ2) is 3.78. The lowest BCUT2D eigenvalue weighted by molar-refractivity contribution is 0.378. The van der Waals surface area contributed by atoms with Crippen molar-refractivity contribution in [3.05, 3.63) is 29.8 Å². The van der Waals surface area contributed by atoms with E-state index >= 15 is 0 Å². The minimum absolute atomic E-state index is 0.639. The van der Waals surface area contributed by atoms with E-state index in [0.717, 1.165) is 21.4 Å². The number of hydrazine groups is 1. The van der Waals surface area contributed by atoms with Gasteiger partial charge in [0.05, 0.1) is 5.78 Å². The monoisotopic (exact) mass is 219 g/mol. The second-order valence-corrected chi connectivity index (χ2v) is 5.58. The molecule has 1 saturated heterocycles. The van der Waals surface area contributed by atoms with Gasteiger partial charge in [0.1, 0.15) is 0 Å². The van der Waals surface area contributed by atoms with Crippen LogP contribution in [0.5, 0.6) is 0 Å². The molecule has 1 aromatic rings. The van der Waals surface area contributed by atoms with Gasteiger partial charge in [-0.1, -0.05) is 26.8 Å². The van der Waals surface area contributed by atoms with Crippen LogP contribution in [0.2, 0.25) is 0 Å². The maximum atomic E-state index is 3.64. The minimum Gasteiger partial charge on any atom is -0.378 e. The van der Waals surface area contributed by atoms with E-state index in [1.807, 2.05) is 0 Å². The summed E-state index contributed by atoms with van der Waals surface area (Å²) in [7, 11) is 3.08. The van der Waals surface area contributed by atoms with Crippen LogP contribution in [0.25, 0.3) is 0 Å². The molecule has 0 bridgehead atoms. The highest BCUT2D eigenvalue weighted by Gasteiger charge is 2.33. The first kappa shape index (κ1) is 9.65. The van der Waals surface area contributed by atoms with Gasteiger partial charge in [-0.2, -0.15) is 0 Å². The first-order valence-corrected chi connectivity index (χ1v) is 6.66. The van der Waals surface area contributed by atoms with Crippen LogP contribution in [0.15, 0.2) is 24.3 Å². The summed E-state index contributed by atoms with van der Waals surface area (Å²) in [5.41, 5.74) is 6.28. The summed E-state index contributed by atoms with van der Waals surface area (Å²) < 4.78 is 0. The van der Waals surface area contributed by atoms with Crippen molar-refractivity contribution in [2.45, 2.75) is 11.7 Å². The molecule has 5 heteroatoms. The van der Waals surface area contributed by atoms with Crippen LogP contribution in [0, 0.1) is 0 Å². The molecule has 3 atom stereocenters. The van der Waals surface area contributed by atoms with Gasteiger partial charge in [-0.3, -0.25) is 10.3 Å². The zero-order valence-electron chi connectivity index (χ0n) is 8.83. The fourth-order valence-corrected chi connectivity index (χ4v) is 3.79. The highest BCUT2D eigenvalue weighted by Crippen LogP contribution is 2.43. The lowest BCUT2D eigenvalue weighted by Crippen LogP contribution is -2.35. The third-order valence-corrected chi connectivity index (χ3v) is 4.85. The highest BCUT2D eigenvalue weighted by atomic mass is 31.1. The van der Waals surface area contributed by atoms with Crippen LogP contribution in [-0.4, -0.2) is 31.5 Å². The third-order valence-electron chi connectivity index (χ3n) is 3.20. The van der Waals surface area contributed by atoms with Gasteiger partial charge in [0.2, 0.25) is 7.98 Å². The number of hydrogen-bond acceptors (Lipinski definition) is 3. The Kier molecular flexibility index (Phi) is 2.43. The molecule has 0 spiro atoms. The van der Waals surface area contributed by atoms with Crippen LogP contribution in [0.3, 0.4) is 0 Å². The van der Waals surface area contributed by atoms with Crippen LogP contribution < -0.4 is 10.7 Å². The van der Waals surface area contributed by atoms with Crippen LogP contribution >= 0.6 is 8.58 Å². The van der Waals surface area contributed by atoms with E-state index in [0.29, 0.717) is 11.7 Å². The number of nitrogens with zero attached hydrogens (tertiary/aromatic N) is 1. The summed E-state index contributed by atoms with van der Waals surface area (Å²) in [6, 6.07) is 8.70.